The van der Waals surface area contributed by atoms with E-state index < -0.39 is 0 Å². The Balaban J connectivity index is 1.99. The molecule has 92 valence electrons. The lowest BCUT2D eigenvalue weighted by Crippen LogP contribution is -2.09. The first-order valence-electron chi connectivity index (χ1n) is 5.67. The third-order valence-electron chi connectivity index (χ3n) is 2.55. The van der Waals surface area contributed by atoms with Crippen molar-refractivity contribution in [2.24, 2.45) is 0 Å². The van der Waals surface area contributed by atoms with Crippen LogP contribution in [0.25, 0.3) is 0 Å². The van der Waals surface area contributed by atoms with Crippen LogP contribution in [0.5, 0.6) is 0 Å². The minimum Gasteiger partial charge on any atom is -0.304 e. The number of hydrogen-bond acceptors (Lipinski definition) is 4. The van der Waals surface area contributed by atoms with Crippen molar-refractivity contribution in [1.82, 2.24) is 29.8 Å². The lowest BCUT2D eigenvalue weighted by molar-refractivity contribution is 0.499. The van der Waals surface area contributed by atoms with Crippen molar-refractivity contribution in [3.8, 4) is 0 Å². The molecule has 1 N–H and O–H groups in total. The molecule has 2 aromatic heterocycles. The van der Waals surface area contributed by atoms with Gasteiger partial charge in [-0.05, 0) is 18.6 Å². The SMILES string of the molecule is CC(C)c1n[nH]c(=S)n1CCCn1ccnn1. The second-order valence-electron chi connectivity index (χ2n) is 4.21. The number of nitrogens with zero attached hydrogens (tertiary/aromatic N) is 5. The normalized spacial score (nSPS) is 11.2. The van der Waals surface area contributed by atoms with Crippen molar-refractivity contribution in [3.05, 3.63) is 23.0 Å². The van der Waals surface area contributed by atoms with Crippen LogP contribution in [-0.2, 0) is 13.1 Å². The fraction of sp³-hybridized carbons (Fsp3) is 0.600. The molecule has 2 rings (SSSR count). The Morgan fingerprint density at radius 1 is 1.41 bits per heavy atom. The van der Waals surface area contributed by atoms with Crippen molar-refractivity contribution in [2.75, 3.05) is 0 Å². The average Bonchev–Trinajstić information content (AvgIpc) is 2.89. The van der Waals surface area contributed by atoms with Gasteiger partial charge in [-0.25, -0.2) is 0 Å². The van der Waals surface area contributed by atoms with Crippen molar-refractivity contribution >= 4 is 12.2 Å². The molecule has 7 heteroatoms. The second-order valence-corrected chi connectivity index (χ2v) is 4.60. The summed E-state index contributed by atoms with van der Waals surface area (Å²) in [7, 11) is 0. The van der Waals surface area contributed by atoms with Gasteiger partial charge in [0.2, 0.25) is 0 Å². The predicted molar refractivity (Wildman–Crippen MR) is 66.1 cm³/mol. The summed E-state index contributed by atoms with van der Waals surface area (Å²) in [4.78, 5) is 0. The fourth-order valence-corrected chi connectivity index (χ4v) is 1.96. The Hall–Kier alpha value is -1.50. The van der Waals surface area contributed by atoms with Gasteiger partial charge in [-0.2, -0.15) is 5.10 Å². The monoisotopic (exact) mass is 252 g/mol. The lowest BCUT2D eigenvalue weighted by Gasteiger charge is -2.08. The molecule has 0 aliphatic carbocycles. The highest BCUT2D eigenvalue weighted by molar-refractivity contribution is 7.71. The third-order valence-corrected chi connectivity index (χ3v) is 2.86. The Labute approximate surface area is 105 Å². The molecule has 0 saturated heterocycles. The fourth-order valence-electron chi connectivity index (χ4n) is 1.73. The molecule has 0 unspecified atom stereocenters. The van der Waals surface area contributed by atoms with Crippen LogP contribution in [0.3, 0.4) is 0 Å². The number of aromatic nitrogens is 6. The third kappa shape index (κ3) is 2.79. The first kappa shape index (κ1) is 12.0. The summed E-state index contributed by atoms with van der Waals surface area (Å²) in [6, 6.07) is 0. The second kappa shape index (κ2) is 5.22. The summed E-state index contributed by atoms with van der Waals surface area (Å²) < 4.78 is 4.56. The minimum absolute atomic E-state index is 0.370. The number of rotatable bonds is 5. The molecule has 0 aliphatic heterocycles. The molecule has 0 aliphatic rings. The van der Waals surface area contributed by atoms with E-state index in [1.54, 1.807) is 6.20 Å². The first-order valence-corrected chi connectivity index (χ1v) is 6.08. The van der Waals surface area contributed by atoms with Gasteiger partial charge in [0, 0.05) is 25.2 Å². The molecule has 2 heterocycles. The molecule has 0 spiro atoms. The maximum Gasteiger partial charge on any atom is 0.195 e. The highest BCUT2D eigenvalue weighted by Crippen LogP contribution is 2.12. The summed E-state index contributed by atoms with van der Waals surface area (Å²) in [5.74, 6) is 1.38. The molecule has 2 aromatic rings. The summed E-state index contributed by atoms with van der Waals surface area (Å²) in [5, 5.41) is 14.8. The molecule has 17 heavy (non-hydrogen) atoms. The zero-order valence-corrected chi connectivity index (χ0v) is 10.8. The summed E-state index contributed by atoms with van der Waals surface area (Å²) in [5.41, 5.74) is 0. The van der Waals surface area contributed by atoms with Crippen LogP contribution in [0, 0.1) is 4.77 Å². The molecule has 0 bridgehead atoms. The first-order chi connectivity index (χ1) is 8.18. The van der Waals surface area contributed by atoms with Gasteiger partial charge in [-0.3, -0.25) is 9.78 Å². The van der Waals surface area contributed by atoms with Crippen molar-refractivity contribution in [3.63, 3.8) is 0 Å². The Kier molecular flexibility index (Phi) is 3.68. The van der Waals surface area contributed by atoms with Crippen LogP contribution in [0.2, 0.25) is 0 Å². The van der Waals surface area contributed by atoms with Crippen molar-refractivity contribution in [2.45, 2.75) is 39.3 Å². The van der Waals surface area contributed by atoms with Gasteiger partial charge in [-0.15, -0.1) is 5.10 Å². The van der Waals surface area contributed by atoms with Gasteiger partial charge in [0.05, 0.1) is 6.20 Å². The Morgan fingerprint density at radius 2 is 2.24 bits per heavy atom. The van der Waals surface area contributed by atoms with Gasteiger partial charge in [0.25, 0.3) is 0 Å². The van der Waals surface area contributed by atoms with Gasteiger partial charge < -0.3 is 4.57 Å². The minimum atomic E-state index is 0.370. The molecular weight excluding hydrogens is 236 g/mol. The van der Waals surface area contributed by atoms with Crippen LogP contribution >= 0.6 is 12.2 Å². The van der Waals surface area contributed by atoms with Gasteiger partial charge in [0.1, 0.15) is 5.82 Å². The summed E-state index contributed by atoms with van der Waals surface area (Å²) >= 11 is 5.22. The maximum atomic E-state index is 5.22. The molecule has 6 nitrogen and oxygen atoms in total. The van der Waals surface area contributed by atoms with E-state index in [-0.39, 0.29) is 0 Å². The number of aromatic amines is 1. The summed E-state index contributed by atoms with van der Waals surface area (Å²) in [6.45, 7) is 5.91. The van der Waals surface area contributed by atoms with E-state index in [0.717, 1.165) is 25.3 Å². The van der Waals surface area contributed by atoms with Crippen LogP contribution in [0.4, 0.5) is 0 Å². The summed E-state index contributed by atoms with van der Waals surface area (Å²) in [6.07, 6.45) is 4.50. The standard InChI is InChI=1S/C10H16N6S/c1-8(2)9-12-13-10(17)16(9)6-3-5-15-7-4-11-14-15/h4,7-8H,3,5-6H2,1-2H3,(H,13,17). The van der Waals surface area contributed by atoms with Crippen LogP contribution < -0.4 is 0 Å². The van der Waals surface area contributed by atoms with Gasteiger partial charge in [-0.1, -0.05) is 19.1 Å². The number of H-pyrrole nitrogens is 1. The molecule has 0 fully saturated rings. The van der Waals surface area contributed by atoms with E-state index in [2.05, 4.69) is 38.9 Å². The topological polar surface area (TPSA) is 64.3 Å². The molecule has 0 atom stereocenters. The average molecular weight is 252 g/mol. The van der Waals surface area contributed by atoms with E-state index in [1.165, 1.54) is 0 Å². The lowest BCUT2D eigenvalue weighted by atomic mass is 10.2. The van der Waals surface area contributed by atoms with E-state index >= 15 is 0 Å². The Bertz CT molecular complexity index is 509. The highest BCUT2D eigenvalue weighted by Gasteiger charge is 2.09. The quantitative estimate of drug-likeness (QED) is 0.823. The highest BCUT2D eigenvalue weighted by atomic mass is 32.1. The predicted octanol–water partition coefficient (Wildman–Crippen LogP) is 1.75. The molecular formula is C10H16N6S. The van der Waals surface area contributed by atoms with E-state index in [1.807, 2.05) is 10.9 Å². The Morgan fingerprint density at radius 3 is 2.88 bits per heavy atom. The van der Waals surface area contributed by atoms with Crippen LogP contribution in [0.15, 0.2) is 12.4 Å². The molecule has 0 saturated carbocycles. The number of hydrogen-bond donors (Lipinski definition) is 1. The van der Waals surface area contributed by atoms with Crippen LogP contribution in [0.1, 0.15) is 32.0 Å². The molecule has 0 radical (unpaired) electrons. The zero-order valence-electron chi connectivity index (χ0n) is 10.00. The van der Waals surface area contributed by atoms with E-state index in [4.69, 9.17) is 12.2 Å². The maximum absolute atomic E-state index is 5.22. The van der Waals surface area contributed by atoms with E-state index in [9.17, 15) is 0 Å². The van der Waals surface area contributed by atoms with Crippen molar-refractivity contribution in [1.29, 1.82) is 0 Å². The molecule has 0 aromatic carbocycles. The van der Waals surface area contributed by atoms with Gasteiger partial charge in [0.15, 0.2) is 4.77 Å². The van der Waals surface area contributed by atoms with Crippen molar-refractivity contribution < 1.29 is 0 Å². The van der Waals surface area contributed by atoms with Gasteiger partial charge >= 0.3 is 0 Å². The van der Waals surface area contributed by atoms with Crippen LogP contribution in [-0.4, -0.2) is 29.8 Å². The smallest absolute Gasteiger partial charge is 0.195 e. The van der Waals surface area contributed by atoms with E-state index in [0.29, 0.717) is 10.7 Å². The largest absolute Gasteiger partial charge is 0.304 e. The number of aryl methyl sites for hydroxylation is 1. The molecule has 0 amide bonds. The zero-order chi connectivity index (χ0) is 12.3. The number of nitrogens with one attached hydrogen (secondary N) is 1.